The van der Waals surface area contributed by atoms with Crippen molar-refractivity contribution in [1.82, 2.24) is 9.97 Å². The zero-order valence-electron chi connectivity index (χ0n) is 13.6. The van der Waals surface area contributed by atoms with E-state index in [1.807, 2.05) is 13.0 Å². The molecule has 0 bridgehead atoms. The Morgan fingerprint density at radius 3 is 2.52 bits per heavy atom. The summed E-state index contributed by atoms with van der Waals surface area (Å²) in [5.74, 6) is 7.53. The monoisotopic (exact) mass is 292 g/mol. The van der Waals surface area contributed by atoms with Crippen LogP contribution in [0.25, 0.3) is 0 Å². The SMILES string of the molecule is CCOC(c1nc(NN)cc(C2CCCC2)n1)C(C)(C)C. The molecular formula is C16H28N4O. The predicted octanol–water partition coefficient (Wildman–Crippen LogP) is 3.54. The molecule has 21 heavy (non-hydrogen) atoms. The van der Waals surface area contributed by atoms with Gasteiger partial charge in [0, 0.05) is 24.3 Å². The fourth-order valence-electron chi connectivity index (χ4n) is 2.99. The van der Waals surface area contributed by atoms with Crippen LogP contribution >= 0.6 is 0 Å². The van der Waals surface area contributed by atoms with Gasteiger partial charge < -0.3 is 10.2 Å². The highest BCUT2D eigenvalue weighted by Gasteiger charge is 2.31. The molecule has 0 radical (unpaired) electrons. The van der Waals surface area contributed by atoms with Crippen LogP contribution in [-0.4, -0.2) is 16.6 Å². The van der Waals surface area contributed by atoms with Crippen molar-refractivity contribution in [2.75, 3.05) is 12.0 Å². The van der Waals surface area contributed by atoms with Gasteiger partial charge in [-0.3, -0.25) is 0 Å². The molecule has 1 atom stereocenters. The van der Waals surface area contributed by atoms with Crippen LogP contribution in [0.2, 0.25) is 0 Å². The zero-order valence-corrected chi connectivity index (χ0v) is 13.6. The Balaban J connectivity index is 2.38. The van der Waals surface area contributed by atoms with Crippen molar-refractivity contribution in [1.29, 1.82) is 0 Å². The van der Waals surface area contributed by atoms with Crippen LogP contribution in [0.3, 0.4) is 0 Å². The van der Waals surface area contributed by atoms with Crippen molar-refractivity contribution in [2.45, 2.75) is 65.4 Å². The number of aromatic nitrogens is 2. The molecule has 0 amide bonds. The Morgan fingerprint density at radius 1 is 1.33 bits per heavy atom. The van der Waals surface area contributed by atoms with Gasteiger partial charge in [-0.25, -0.2) is 15.8 Å². The second kappa shape index (κ2) is 6.71. The number of nitrogens with two attached hydrogens (primary N) is 1. The van der Waals surface area contributed by atoms with E-state index in [1.165, 1.54) is 25.7 Å². The quantitative estimate of drug-likeness (QED) is 0.641. The largest absolute Gasteiger partial charge is 0.370 e. The Morgan fingerprint density at radius 2 is 2.00 bits per heavy atom. The predicted molar refractivity (Wildman–Crippen MR) is 84.9 cm³/mol. The van der Waals surface area contributed by atoms with Crippen LogP contribution in [0, 0.1) is 5.41 Å². The van der Waals surface area contributed by atoms with Gasteiger partial charge in [0.2, 0.25) is 0 Å². The van der Waals surface area contributed by atoms with Gasteiger partial charge in [0.05, 0.1) is 0 Å². The third kappa shape index (κ3) is 3.92. The minimum atomic E-state index is -0.129. The Hall–Kier alpha value is -1.20. The molecule has 1 heterocycles. The normalized spacial score (nSPS) is 18.0. The van der Waals surface area contributed by atoms with E-state index < -0.39 is 0 Å². The number of hydrazine groups is 1. The van der Waals surface area contributed by atoms with Gasteiger partial charge in [0.15, 0.2) is 5.82 Å². The van der Waals surface area contributed by atoms with Crippen molar-refractivity contribution in [3.63, 3.8) is 0 Å². The minimum Gasteiger partial charge on any atom is -0.370 e. The maximum absolute atomic E-state index is 5.92. The van der Waals surface area contributed by atoms with Crippen LogP contribution in [0.4, 0.5) is 5.82 Å². The summed E-state index contributed by atoms with van der Waals surface area (Å²) in [4.78, 5) is 9.35. The van der Waals surface area contributed by atoms with E-state index in [1.54, 1.807) is 0 Å². The van der Waals surface area contributed by atoms with Crippen LogP contribution in [0.1, 0.15) is 76.9 Å². The lowest BCUT2D eigenvalue weighted by molar-refractivity contribution is -0.0192. The first kappa shape index (κ1) is 16.2. The number of nitrogens with one attached hydrogen (secondary N) is 1. The van der Waals surface area contributed by atoms with Gasteiger partial charge in [0.1, 0.15) is 11.9 Å². The summed E-state index contributed by atoms with van der Waals surface area (Å²) in [6, 6.07) is 1.98. The molecule has 2 rings (SSSR count). The van der Waals surface area contributed by atoms with E-state index in [9.17, 15) is 0 Å². The van der Waals surface area contributed by atoms with Gasteiger partial charge in [-0.05, 0) is 25.2 Å². The summed E-state index contributed by atoms with van der Waals surface area (Å²) >= 11 is 0. The van der Waals surface area contributed by atoms with E-state index in [-0.39, 0.29) is 11.5 Å². The summed E-state index contributed by atoms with van der Waals surface area (Å²) < 4.78 is 5.92. The molecule has 1 aliphatic rings. The maximum Gasteiger partial charge on any atom is 0.160 e. The van der Waals surface area contributed by atoms with Crippen LogP contribution < -0.4 is 11.3 Å². The molecular weight excluding hydrogens is 264 g/mol. The molecule has 0 aliphatic heterocycles. The van der Waals surface area contributed by atoms with Gasteiger partial charge in [-0.15, -0.1) is 0 Å². The highest BCUT2D eigenvalue weighted by Crippen LogP contribution is 2.37. The van der Waals surface area contributed by atoms with Crippen molar-refractivity contribution in [3.05, 3.63) is 17.6 Å². The lowest BCUT2D eigenvalue weighted by Crippen LogP contribution is -2.25. The lowest BCUT2D eigenvalue weighted by atomic mass is 9.88. The average Bonchev–Trinajstić information content (AvgIpc) is 2.97. The molecule has 1 aliphatic carbocycles. The van der Waals surface area contributed by atoms with E-state index in [0.717, 1.165) is 11.5 Å². The summed E-state index contributed by atoms with van der Waals surface area (Å²) in [5.41, 5.74) is 3.71. The van der Waals surface area contributed by atoms with E-state index in [0.29, 0.717) is 18.3 Å². The smallest absolute Gasteiger partial charge is 0.160 e. The van der Waals surface area contributed by atoms with Crippen molar-refractivity contribution in [3.8, 4) is 0 Å². The van der Waals surface area contributed by atoms with Gasteiger partial charge >= 0.3 is 0 Å². The number of anilines is 1. The zero-order chi connectivity index (χ0) is 15.5. The van der Waals surface area contributed by atoms with Gasteiger partial charge in [-0.1, -0.05) is 33.6 Å². The number of ether oxygens (including phenoxy) is 1. The standard InChI is InChI=1S/C16H28N4O/c1-5-21-14(16(2,3)4)15-18-12(10-13(19-15)20-17)11-8-6-7-9-11/h10-11,14H,5-9,17H2,1-4H3,(H,18,19,20). The number of rotatable bonds is 5. The molecule has 118 valence electrons. The Labute approximate surface area is 127 Å². The van der Waals surface area contributed by atoms with Crippen LogP contribution in [0.5, 0.6) is 0 Å². The summed E-state index contributed by atoms with van der Waals surface area (Å²) in [7, 11) is 0. The molecule has 1 saturated carbocycles. The number of nitrogen functional groups attached to an aromatic ring is 1. The lowest BCUT2D eigenvalue weighted by Gasteiger charge is -2.29. The second-order valence-electron chi connectivity index (χ2n) is 6.86. The fraction of sp³-hybridized carbons (Fsp3) is 0.750. The summed E-state index contributed by atoms with van der Waals surface area (Å²) in [6.45, 7) is 9.09. The molecule has 1 aromatic rings. The molecule has 3 N–H and O–H groups in total. The first-order chi connectivity index (χ1) is 9.95. The maximum atomic E-state index is 5.92. The Kier molecular flexibility index (Phi) is 5.17. The number of hydrogen-bond acceptors (Lipinski definition) is 5. The van der Waals surface area contributed by atoms with Crippen molar-refractivity contribution in [2.24, 2.45) is 11.3 Å². The molecule has 0 saturated heterocycles. The second-order valence-corrected chi connectivity index (χ2v) is 6.86. The highest BCUT2D eigenvalue weighted by atomic mass is 16.5. The van der Waals surface area contributed by atoms with E-state index >= 15 is 0 Å². The van der Waals surface area contributed by atoms with Gasteiger partial charge in [0.25, 0.3) is 0 Å². The van der Waals surface area contributed by atoms with Crippen molar-refractivity contribution < 1.29 is 4.74 Å². The van der Waals surface area contributed by atoms with E-state index in [4.69, 9.17) is 15.6 Å². The Bertz CT molecular complexity index is 464. The third-order valence-electron chi connectivity index (χ3n) is 4.04. The topological polar surface area (TPSA) is 73.1 Å². The van der Waals surface area contributed by atoms with Crippen molar-refractivity contribution >= 4 is 5.82 Å². The molecule has 5 heteroatoms. The minimum absolute atomic E-state index is 0.0593. The first-order valence-corrected chi connectivity index (χ1v) is 7.92. The fourth-order valence-corrected chi connectivity index (χ4v) is 2.99. The number of hydrogen-bond donors (Lipinski definition) is 2. The molecule has 1 unspecified atom stereocenters. The van der Waals surface area contributed by atoms with Crippen LogP contribution in [-0.2, 0) is 4.74 Å². The summed E-state index contributed by atoms with van der Waals surface area (Å²) in [6.07, 6.45) is 4.84. The molecule has 1 fully saturated rings. The summed E-state index contributed by atoms with van der Waals surface area (Å²) in [5, 5.41) is 0. The molecule has 0 aromatic carbocycles. The van der Waals surface area contributed by atoms with Crippen LogP contribution in [0.15, 0.2) is 6.07 Å². The third-order valence-corrected chi connectivity index (χ3v) is 4.04. The average molecular weight is 292 g/mol. The number of nitrogens with zero attached hydrogens (tertiary/aromatic N) is 2. The van der Waals surface area contributed by atoms with E-state index in [2.05, 4.69) is 31.2 Å². The molecule has 0 spiro atoms. The first-order valence-electron chi connectivity index (χ1n) is 7.92. The molecule has 5 nitrogen and oxygen atoms in total. The molecule has 1 aromatic heterocycles. The van der Waals surface area contributed by atoms with Gasteiger partial charge in [-0.2, -0.15) is 0 Å². The highest BCUT2D eigenvalue weighted by molar-refractivity contribution is 5.36.